The van der Waals surface area contributed by atoms with E-state index in [-0.39, 0.29) is 29.5 Å². The molecule has 2 rings (SSSR count). The molecule has 1 aromatic heterocycles. The van der Waals surface area contributed by atoms with Crippen molar-refractivity contribution >= 4 is 40.9 Å². The highest BCUT2D eigenvalue weighted by atomic mass is 32.2. The fourth-order valence-electron chi connectivity index (χ4n) is 4.08. The van der Waals surface area contributed by atoms with Crippen LogP contribution in [-0.2, 0) is 14.3 Å². The smallest absolute Gasteiger partial charge is 0.316 e. The molecule has 0 saturated carbocycles. The largest absolute Gasteiger partial charge is 0.457 e. The van der Waals surface area contributed by atoms with Crippen molar-refractivity contribution in [1.29, 1.82) is 0 Å². The number of thiazole rings is 1. The number of aliphatic hydroxyl groups excluding tert-OH is 1. The van der Waals surface area contributed by atoms with Gasteiger partial charge in [-0.05, 0) is 71.4 Å². The molecule has 0 spiro atoms. The third-order valence-corrected chi connectivity index (χ3v) is 8.45. The van der Waals surface area contributed by atoms with Crippen molar-refractivity contribution < 1.29 is 19.4 Å². The van der Waals surface area contributed by atoms with E-state index in [1.807, 2.05) is 46.1 Å². The number of ketones is 1. The second-order valence-electron chi connectivity index (χ2n) is 9.76. The van der Waals surface area contributed by atoms with Crippen LogP contribution >= 0.6 is 23.1 Å². The number of hydrogen-bond acceptors (Lipinski definition) is 7. The van der Waals surface area contributed by atoms with E-state index < -0.39 is 16.8 Å². The molecule has 0 aromatic carbocycles. The fraction of sp³-hybridized carbons (Fsp3) is 0.654. The van der Waals surface area contributed by atoms with Gasteiger partial charge in [-0.3, -0.25) is 9.59 Å². The molecular weight excluding hydrogens is 454 g/mol. The summed E-state index contributed by atoms with van der Waals surface area (Å²) in [6, 6.07) is 0. The third kappa shape index (κ3) is 8.37. The van der Waals surface area contributed by atoms with Gasteiger partial charge in [0.15, 0.2) is 5.78 Å². The molecule has 0 radical (unpaired) electrons. The molecule has 184 valence electrons. The lowest BCUT2D eigenvalue weighted by atomic mass is 9.83. The van der Waals surface area contributed by atoms with E-state index in [2.05, 4.69) is 18.0 Å². The second kappa shape index (κ2) is 12.3. The lowest BCUT2D eigenvalue weighted by molar-refractivity contribution is -0.143. The molecule has 7 heteroatoms. The number of thioether (sulfide) groups is 1. The van der Waals surface area contributed by atoms with Gasteiger partial charge in [-0.25, -0.2) is 4.98 Å². The van der Waals surface area contributed by atoms with Crippen LogP contribution in [0.3, 0.4) is 0 Å². The first-order valence-electron chi connectivity index (χ1n) is 11.7. The molecule has 4 atom stereocenters. The van der Waals surface area contributed by atoms with Gasteiger partial charge in [0, 0.05) is 17.7 Å². The summed E-state index contributed by atoms with van der Waals surface area (Å²) in [6.45, 7) is 13.5. The number of nitrogens with zero attached hydrogens (tertiary/aromatic N) is 1. The van der Waals surface area contributed by atoms with E-state index in [0.717, 1.165) is 35.5 Å². The highest BCUT2D eigenvalue weighted by molar-refractivity contribution is 8.02. The summed E-state index contributed by atoms with van der Waals surface area (Å²) in [5.74, 6) is -0.737. The number of aromatic nitrogens is 1. The summed E-state index contributed by atoms with van der Waals surface area (Å²) in [7, 11) is 0. The summed E-state index contributed by atoms with van der Waals surface area (Å²) in [5.41, 5.74) is 3.06. The lowest BCUT2D eigenvalue weighted by Crippen LogP contribution is -2.41. The molecule has 0 fully saturated rings. The summed E-state index contributed by atoms with van der Waals surface area (Å²) in [6.07, 6.45) is 6.39. The van der Waals surface area contributed by atoms with Gasteiger partial charge in [-0.15, -0.1) is 23.1 Å². The Labute approximate surface area is 207 Å². The van der Waals surface area contributed by atoms with Gasteiger partial charge in [-0.2, -0.15) is 0 Å². The average Bonchev–Trinajstić information content (AvgIpc) is 3.17. The number of aryl methyl sites for hydroxylation is 1. The number of carbonyl (C=O) groups is 2. The van der Waals surface area contributed by atoms with Crippen LogP contribution in [0, 0.1) is 18.8 Å². The summed E-state index contributed by atoms with van der Waals surface area (Å²) < 4.78 is 5.09. The highest BCUT2D eigenvalue weighted by Gasteiger charge is 2.37. The van der Waals surface area contributed by atoms with E-state index >= 15 is 0 Å². The number of carbonyl (C=O) groups excluding carboxylic acids is 2. The molecule has 0 amide bonds. The minimum Gasteiger partial charge on any atom is -0.457 e. The monoisotopic (exact) mass is 493 g/mol. The maximum Gasteiger partial charge on any atom is 0.316 e. The Kier molecular flexibility index (Phi) is 10.4. The predicted molar refractivity (Wildman–Crippen MR) is 138 cm³/mol. The number of esters is 1. The van der Waals surface area contributed by atoms with E-state index in [4.69, 9.17) is 4.74 Å². The molecule has 1 aromatic rings. The van der Waals surface area contributed by atoms with Crippen LogP contribution < -0.4 is 0 Å². The van der Waals surface area contributed by atoms with Crippen LogP contribution in [-0.4, -0.2) is 44.6 Å². The lowest BCUT2D eigenvalue weighted by Gasteiger charge is -2.31. The quantitative estimate of drug-likeness (QED) is 0.402. The second-order valence-corrected chi connectivity index (χ2v) is 12.4. The Hall–Kier alpha value is -1.44. The molecule has 0 unspecified atom stereocenters. The van der Waals surface area contributed by atoms with Gasteiger partial charge in [0.2, 0.25) is 0 Å². The van der Waals surface area contributed by atoms with E-state index in [1.54, 1.807) is 18.3 Å². The van der Waals surface area contributed by atoms with E-state index in [0.29, 0.717) is 6.42 Å². The molecule has 0 bridgehead atoms. The van der Waals surface area contributed by atoms with Crippen LogP contribution in [0.4, 0.5) is 0 Å². The number of ether oxygens (including phenoxy) is 1. The van der Waals surface area contributed by atoms with Crippen LogP contribution in [0.2, 0.25) is 0 Å². The van der Waals surface area contributed by atoms with Gasteiger partial charge in [-0.1, -0.05) is 25.5 Å². The number of allylic oxidation sites excluding steroid dienone is 1. The standard InChI is InChI=1S/C26H39NO4S2/c1-16-9-8-10-17(2)24(29)19(4)25(30)26(6,7)33-15-23(28)31-22(12-11-16)18(3)13-21-14-32-20(5)27-21/h11,13-14,17,19,22,24,29H,8-10,12,15H2,1-7H3/b16-11-,18-13+/t17-,19+,22-,24-/m0/s1. The van der Waals surface area contributed by atoms with Gasteiger partial charge >= 0.3 is 5.97 Å². The first-order valence-corrected chi connectivity index (χ1v) is 13.6. The number of aliphatic hydroxyl groups is 1. The zero-order valence-corrected chi connectivity index (χ0v) is 22.6. The first kappa shape index (κ1) is 27.8. The Morgan fingerprint density at radius 1 is 1.27 bits per heavy atom. The highest BCUT2D eigenvalue weighted by Crippen LogP contribution is 2.32. The number of rotatable bonds is 2. The van der Waals surface area contributed by atoms with E-state index in [9.17, 15) is 14.7 Å². The Morgan fingerprint density at radius 2 is 1.97 bits per heavy atom. The van der Waals surface area contributed by atoms with Crippen LogP contribution in [0.1, 0.15) is 77.9 Å². The van der Waals surface area contributed by atoms with Crippen molar-refractivity contribution in [3.05, 3.63) is 33.3 Å². The van der Waals surface area contributed by atoms with E-state index in [1.165, 1.54) is 17.3 Å². The predicted octanol–water partition coefficient (Wildman–Crippen LogP) is 6.00. The number of hydrogen-bond donors (Lipinski definition) is 1. The zero-order chi connectivity index (χ0) is 24.8. The molecule has 0 saturated heterocycles. The molecule has 1 N–H and O–H groups in total. The molecule has 0 aliphatic carbocycles. The van der Waals surface area contributed by atoms with Gasteiger partial charge in [0.1, 0.15) is 6.10 Å². The maximum atomic E-state index is 13.1. The van der Waals surface area contributed by atoms with Crippen LogP contribution in [0.5, 0.6) is 0 Å². The molecule has 1 aliphatic heterocycles. The topological polar surface area (TPSA) is 76.5 Å². The Balaban J connectivity index is 2.27. The van der Waals surface area contributed by atoms with Crippen LogP contribution in [0.15, 0.2) is 22.6 Å². The van der Waals surface area contributed by atoms with Crippen molar-refractivity contribution in [1.82, 2.24) is 4.98 Å². The molecule has 33 heavy (non-hydrogen) atoms. The Bertz CT molecular complexity index is 887. The van der Waals surface area contributed by atoms with Crippen molar-refractivity contribution in [3.8, 4) is 0 Å². The van der Waals surface area contributed by atoms with Crippen molar-refractivity contribution in [2.24, 2.45) is 11.8 Å². The minimum absolute atomic E-state index is 0.0330. The first-order chi connectivity index (χ1) is 15.4. The van der Waals surface area contributed by atoms with Gasteiger partial charge in [0.25, 0.3) is 0 Å². The number of cyclic esters (lactones) is 1. The normalized spacial score (nSPS) is 30.4. The summed E-state index contributed by atoms with van der Waals surface area (Å²) in [5, 5.41) is 13.7. The summed E-state index contributed by atoms with van der Waals surface area (Å²) in [4.78, 5) is 30.3. The van der Waals surface area contributed by atoms with Gasteiger partial charge in [0.05, 0.1) is 27.3 Å². The summed E-state index contributed by atoms with van der Waals surface area (Å²) >= 11 is 2.87. The van der Waals surface area contributed by atoms with Crippen molar-refractivity contribution in [2.75, 3.05) is 5.75 Å². The van der Waals surface area contributed by atoms with Crippen molar-refractivity contribution in [3.63, 3.8) is 0 Å². The molecule has 5 nitrogen and oxygen atoms in total. The third-order valence-electron chi connectivity index (χ3n) is 6.36. The SMILES string of the molecule is C/C1=C/C[C@@H](/C(C)=C/c2csc(C)n2)OC(=O)CSC(C)(C)C(=O)[C@H](C)[C@@H](O)[C@@H](C)CCC1. The fourth-order valence-corrected chi connectivity index (χ4v) is 5.53. The minimum atomic E-state index is -0.787. The average molecular weight is 494 g/mol. The van der Waals surface area contributed by atoms with Crippen LogP contribution in [0.25, 0.3) is 6.08 Å². The molecule has 2 heterocycles. The number of Topliss-reactive ketones (excluding diaryl/α,β-unsaturated/α-hetero) is 1. The zero-order valence-electron chi connectivity index (χ0n) is 21.0. The molecular formula is C26H39NO4S2. The molecule has 1 aliphatic rings. The Morgan fingerprint density at radius 3 is 2.61 bits per heavy atom. The van der Waals surface area contributed by atoms with Gasteiger partial charge < -0.3 is 9.84 Å². The maximum absolute atomic E-state index is 13.1. The van der Waals surface area contributed by atoms with Crippen molar-refractivity contribution in [2.45, 2.75) is 91.1 Å².